The van der Waals surface area contributed by atoms with Crippen LogP contribution in [0.15, 0.2) is 18.2 Å². The molecule has 0 aromatic heterocycles. The van der Waals surface area contributed by atoms with E-state index in [2.05, 4.69) is 5.32 Å². The van der Waals surface area contributed by atoms with Gasteiger partial charge in [-0.05, 0) is 31.0 Å². The number of ether oxygens (including phenoxy) is 2. The van der Waals surface area contributed by atoms with Crippen LogP contribution in [0.4, 0.5) is 5.69 Å². The monoisotopic (exact) mass is 268 g/mol. The van der Waals surface area contributed by atoms with E-state index in [4.69, 9.17) is 9.47 Å². The minimum atomic E-state index is -0.412. The topological polar surface area (TPSA) is 73.6 Å². The SMILES string of the molecule is COCCCCNCc1cc(OC)cc([N+](=O)[O-])c1. The van der Waals surface area contributed by atoms with E-state index in [1.54, 1.807) is 19.2 Å². The third-order valence-corrected chi connectivity index (χ3v) is 2.68. The summed E-state index contributed by atoms with van der Waals surface area (Å²) < 4.78 is 10.0. The molecule has 6 heteroatoms. The molecule has 0 saturated heterocycles. The lowest BCUT2D eigenvalue weighted by molar-refractivity contribution is -0.385. The van der Waals surface area contributed by atoms with Crippen LogP contribution in [-0.2, 0) is 11.3 Å². The minimum absolute atomic E-state index is 0.0514. The Morgan fingerprint density at radius 1 is 1.26 bits per heavy atom. The van der Waals surface area contributed by atoms with Crippen LogP contribution in [0.3, 0.4) is 0 Å². The van der Waals surface area contributed by atoms with Gasteiger partial charge in [0.2, 0.25) is 0 Å². The highest BCUT2D eigenvalue weighted by molar-refractivity contribution is 5.42. The highest BCUT2D eigenvalue weighted by Gasteiger charge is 2.09. The van der Waals surface area contributed by atoms with Gasteiger partial charge in [0.1, 0.15) is 5.75 Å². The Hall–Kier alpha value is -1.66. The number of nitrogens with one attached hydrogen (secondary N) is 1. The molecule has 1 aromatic carbocycles. The Balaban J connectivity index is 2.48. The Labute approximate surface area is 112 Å². The van der Waals surface area contributed by atoms with Crippen LogP contribution in [0, 0.1) is 10.1 Å². The van der Waals surface area contributed by atoms with Crippen molar-refractivity contribution < 1.29 is 14.4 Å². The molecule has 1 N–H and O–H groups in total. The van der Waals surface area contributed by atoms with Crippen molar-refractivity contribution in [3.05, 3.63) is 33.9 Å². The van der Waals surface area contributed by atoms with Crippen molar-refractivity contribution in [2.45, 2.75) is 19.4 Å². The van der Waals surface area contributed by atoms with Gasteiger partial charge in [-0.25, -0.2) is 0 Å². The predicted octanol–water partition coefficient (Wildman–Crippen LogP) is 2.12. The lowest BCUT2D eigenvalue weighted by Gasteiger charge is -2.07. The molecule has 0 aliphatic rings. The van der Waals surface area contributed by atoms with Crippen molar-refractivity contribution in [1.29, 1.82) is 0 Å². The van der Waals surface area contributed by atoms with Crippen molar-refractivity contribution in [3.63, 3.8) is 0 Å². The van der Waals surface area contributed by atoms with Gasteiger partial charge in [-0.15, -0.1) is 0 Å². The fraction of sp³-hybridized carbons (Fsp3) is 0.538. The maximum atomic E-state index is 10.8. The average Bonchev–Trinajstić information content (AvgIpc) is 2.42. The molecule has 106 valence electrons. The van der Waals surface area contributed by atoms with E-state index in [9.17, 15) is 10.1 Å². The van der Waals surface area contributed by atoms with E-state index >= 15 is 0 Å². The van der Waals surface area contributed by atoms with Crippen molar-refractivity contribution in [1.82, 2.24) is 5.32 Å². The summed E-state index contributed by atoms with van der Waals surface area (Å²) in [5.41, 5.74) is 0.897. The largest absolute Gasteiger partial charge is 0.496 e. The first-order valence-corrected chi connectivity index (χ1v) is 6.19. The molecule has 0 aliphatic heterocycles. The van der Waals surface area contributed by atoms with Gasteiger partial charge < -0.3 is 14.8 Å². The molecule has 1 aromatic rings. The van der Waals surface area contributed by atoms with Gasteiger partial charge >= 0.3 is 0 Å². The van der Waals surface area contributed by atoms with Gasteiger partial charge in [-0.1, -0.05) is 0 Å². The molecule has 0 aliphatic carbocycles. The quantitative estimate of drug-likeness (QED) is 0.422. The fourth-order valence-electron chi connectivity index (χ4n) is 1.70. The first-order chi connectivity index (χ1) is 9.17. The summed E-state index contributed by atoms with van der Waals surface area (Å²) in [6, 6.07) is 4.78. The molecule has 6 nitrogen and oxygen atoms in total. The summed E-state index contributed by atoms with van der Waals surface area (Å²) in [5.74, 6) is 0.505. The number of methoxy groups -OCH3 is 2. The van der Waals surface area contributed by atoms with Crippen LogP contribution in [0.1, 0.15) is 18.4 Å². The second-order valence-electron chi connectivity index (χ2n) is 4.17. The van der Waals surface area contributed by atoms with Crippen molar-refractivity contribution >= 4 is 5.69 Å². The van der Waals surface area contributed by atoms with Crippen LogP contribution in [-0.4, -0.2) is 32.3 Å². The molecule has 0 fully saturated rings. The number of rotatable bonds is 9. The number of hydrogen-bond acceptors (Lipinski definition) is 5. The van der Waals surface area contributed by atoms with Crippen LogP contribution in [0.5, 0.6) is 5.75 Å². The number of non-ortho nitro benzene ring substituents is 1. The Kier molecular flexibility index (Phi) is 6.84. The summed E-state index contributed by atoms with van der Waals surface area (Å²) in [6.07, 6.45) is 2.02. The van der Waals surface area contributed by atoms with Crippen LogP contribution in [0.2, 0.25) is 0 Å². The van der Waals surface area contributed by atoms with Crippen molar-refractivity contribution in [2.24, 2.45) is 0 Å². The number of hydrogen-bond donors (Lipinski definition) is 1. The standard InChI is InChI=1S/C13H20N2O4/c1-18-6-4-3-5-14-10-11-7-12(15(16)17)9-13(8-11)19-2/h7-9,14H,3-6,10H2,1-2H3. The van der Waals surface area contributed by atoms with Crippen molar-refractivity contribution in [3.8, 4) is 5.75 Å². The second-order valence-corrected chi connectivity index (χ2v) is 4.17. The number of unbranched alkanes of at least 4 members (excludes halogenated alkanes) is 1. The maximum Gasteiger partial charge on any atom is 0.273 e. The van der Waals surface area contributed by atoms with E-state index in [0.717, 1.165) is 31.6 Å². The Bertz CT molecular complexity index is 410. The Morgan fingerprint density at radius 2 is 2.05 bits per heavy atom. The molecular weight excluding hydrogens is 248 g/mol. The second kappa shape index (κ2) is 8.44. The van der Waals surface area contributed by atoms with E-state index in [1.165, 1.54) is 13.2 Å². The van der Waals surface area contributed by atoms with Gasteiger partial charge in [0, 0.05) is 26.3 Å². The van der Waals surface area contributed by atoms with Crippen LogP contribution in [0.25, 0.3) is 0 Å². The molecule has 0 bridgehead atoms. The highest BCUT2D eigenvalue weighted by Crippen LogP contribution is 2.22. The number of nitro benzene ring substituents is 1. The summed E-state index contributed by atoms with van der Waals surface area (Å²) in [7, 11) is 3.18. The zero-order valence-corrected chi connectivity index (χ0v) is 11.3. The van der Waals surface area contributed by atoms with E-state index in [-0.39, 0.29) is 5.69 Å². The normalized spacial score (nSPS) is 10.4. The van der Waals surface area contributed by atoms with Gasteiger partial charge in [-0.3, -0.25) is 10.1 Å². The summed E-state index contributed by atoms with van der Waals surface area (Å²) in [6.45, 7) is 2.20. The number of benzene rings is 1. The molecule has 0 spiro atoms. The molecule has 19 heavy (non-hydrogen) atoms. The molecule has 0 unspecified atom stereocenters. The molecule has 0 amide bonds. The third kappa shape index (κ3) is 5.67. The molecule has 1 rings (SSSR count). The van der Waals surface area contributed by atoms with Crippen molar-refractivity contribution in [2.75, 3.05) is 27.4 Å². The maximum absolute atomic E-state index is 10.8. The number of nitro groups is 1. The first kappa shape index (κ1) is 15.4. The lowest BCUT2D eigenvalue weighted by Crippen LogP contribution is -2.15. The molecule has 0 atom stereocenters. The highest BCUT2D eigenvalue weighted by atomic mass is 16.6. The summed E-state index contributed by atoms with van der Waals surface area (Å²) in [4.78, 5) is 10.4. The predicted molar refractivity (Wildman–Crippen MR) is 72.5 cm³/mol. The molecule has 0 heterocycles. The summed E-state index contributed by atoms with van der Waals surface area (Å²) in [5, 5.41) is 14.0. The zero-order chi connectivity index (χ0) is 14.1. The molecule has 0 saturated carbocycles. The van der Waals surface area contributed by atoms with Crippen LogP contribution >= 0.6 is 0 Å². The lowest BCUT2D eigenvalue weighted by atomic mass is 10.2. The summed E-state index contributed by atoms with van der Waals surface area (Å²) >= 11 is 0. The van der Waals surface area contributed by atoms with E-state index in [0.29, 0.717) is 12.3 Å². The van der Waals surface area contributed by atoms with E-state index < -0.39 is 4.92 Å². The average molecular weight is 268 g/mol. The van der Waals surface area contributed by atoms with Gasteiger partial charge in [0.15, 0.2) is 0 Å². The van der Waals surface area contributed by atoms with Crippen LogP contribution < -0.4 is 10.1 Å². The first-order valence-electron chi connectivity index (χ1n) is 6.19. The Morgan fingerprint density at radius 3 is 2.68 bits per heavy atom. The zero-order valence-electron chi connectivity index (χ0n) is 11.3. The third-order valence-electron chi connectivity index (χ3n) is 2.68. The molecule has 0 radical (unpaired) electrons. The van der Waals surface area contributed by atoms with Gasteiger partial charge in [-0.2, -0.15) is 0 Å². The number of nitrogens with zero attached hydrogens (tertiary/aromatic N) is 1. The van der Waals surface area contributed by atoms with Gasteiger partial charge in [0.25, 0.3) is 5.69 Å². The minimum Gasteiger partial charge on any atom is -0.496 e. The fourth-order valence-corrected chi connectivity index (χ4v) is 1.70. The molecular formula is C13H20N2O4. The van der Waals surface area contributed by atoms with Gasteiger partial charge in [0.05, 0.1) is 18.1 Å². The van der Waals surface area contributed by atoms with E-state index in [1.807, 2.05) is 0 Å². The smallest absolute Gasteiger partial charge is 0.273 e.